The van der Waals surface area contributed by atoms with Crippen molar-refractivity contribution in [1.82, 2.24) is 16.0 Å². The van der Waals surface area contributed by atoms with E-state index in [2.05, 4.69) is 28.6 Å². The van der Waals surface area contributed by atoms with Crippen molar-refractivity contribution in [2.45, 2.75) is 51.4 Å². The second-order valence-electron chi connectivity index (χ2n) is 6.32. The second kappa shape index (κ2) is 11.7. The van der Waals surface area contributed by atoms with E-state index in [0.717, 1.165) is 0 Å². The molecule has 0 aromatic heterocycles. The quantitative estimate of drug-likeness (QED) is 0.196. The van der Waals surface area contributed by atoms with Crippen LogP contribution < -0.4 is 21.7 Å². The number of aliphatic hydroxyl groups is 1. The Bertz CT molecular complexity index is 514. The third-order valence-corrected chi connectivity index (χ3v) is 3.77. The SMILES string of the molecule is CC(C)CC(NC(=O)CNC(=O)C(CS)NC(=O)C(N)C(C)O)C(=O)O. The van der Waals surface area contributed by atoms with Gasteiger partial charge in [0, 0.05) is 5.75 Å². The highest BCUT2D eigenvalue weighted by atomic mass is 32.1. The van der Waals surface area contributed by atoms with Crippen molar-refractivity contribution in [3.05, 3.63) is 0 Å². The highest BCUT2D eigenvalue weighted by molar-refractivity contribution is 7.80. The monoisotopic (exact) mass is 392 g/mol. The molecule has 0 radical (unpaired) electrons. The highest BCUT2D eigenvalue weighted by Crippen LogP contribution is 2.04. The lowest BCUT2D eigenvalue weighted by Gasteiger charge is -2.21. The maximum Gasteiger partial charge on any atom is 0.326 e. The molecule has 0 bridgehead atoms. The van der Waals surface area contributed by atoms with E-state index in [9.17, 15) is 24.3 Å². The van der Waals surface area contributed by atoms with Gasteiger partial charge in [-0.15, -0.1) is 0 Å². The first-order chi connectivity index (χ1) is 12.0. The molecule has 11 heteroatoms. The van der Waals surface area contributed by atoms with Crippen LogP contribution in [-0.4, -0.2) is 70.4 Å². The summed E-state index contributed by atoms with van der Waals surface area (Å²) in [5.74, 6) is -3.25. The summed E-state index contributed by atoms with van der Waals surface area (Å²) in [5.41, 5.74) is 5.47. The number of carbonyl (C=O) groups is 4. The Kier molecular flexibility index (Phi) is 10.9. The fourth-order valence-electron chi connectivity index (χ4n) is 1.91. The van der Waals surface area contributed by atoms with E-state index in [1.54, 1.807) is 0 Å². The first-order valence-corrected chi connectivity index (χ1v) is 8.77. The molecule has 0 spiro atoms. The highest BCUT2D eigenvalue weighted by Gasteiger charge is 2.26. The van der Waals surface area contributed by atoms with Crippen LogP contribution >= 0.6 is 12.6 Å². The Morgan fingerprint density at radius 1 is 1.04 bits per heavy atom. The minimum atomic E-state index is -1.21. The number of thiol groups is 1. The molecule has 4 unspecified atom stereocenters. The largest absolute Gasteiger partial charge is 0.480 e. The van der Waals surface area contributed by atoms with Crippen LogP contribution in [0.25, 0.3) is 0 Å². The zero-order valence-electron chi connectivity index (χ0n) is 15.1. The predicted molar refractivity (Wildman–Crippen MR) is 97.5 cm³/mol. The van der Waals surface area contributed by atoms with Gasteiger partial charge in [0.15, 0.2) is 0 Å². The molecule has 150 valence electrons. The summed E-state index contributed by atoms with van der Waals surface area (Å²) < 4.78 is 0. The average molecular weight is 392 g/mol. The maximum absolute atomic E-state index is 12.0. The molecule has 0 aliphatic heterocycles. The van der Waals surface area contributed by atoms with E-state index in [0.29, 0.717) is 0 Å². The van der Waals surface area contributed by atoms with Gasteiger partial charge < -0.3 is 31.9 Å². The summed E-state index contributed by atoms with van der Waals surface area (Å²) in [7, 11) is 0. The molecule has 7 N–H and O–H groups in total. The molecule has 0 saturated carbocycles. The van der Waals surface area contributed by atoms with Crippen molar-refractivity contribution in [2.24, 2.45) is 11.7 Å². The number of carboxylic acids is 1. The number of carboxylic acid groups (broad SMARTS) is 1. The summed E-state index contributed by atoms with van der Waals surface area (Å²) in [6, 6.07) is -3.32. The van der Waals surface area contributed by atoms with E-state index < -0.39 is 54.5 Å². The van der Waals surface area contributed by atoms with Gasteiger partial charge in [0.25, 0.3) is 0 Å². The van der Waals surface area contributed by atoms with Crippen molar-refractivity contribution < 1.29 is 29.4 Å². The Morgan fingerprint density at radius 2 is 1.62 bits per heavy atom. The summed E-state index contributed by atoms with van der Waals surface area (Å²) in [6.07, 6.45) is -0.847. The third kappa shape index (κ3) is 9.02. The minimum Gasteiger partial charge on any atom is -0.480 e. The van der Waals surface area contributed by atoms with Crippen LogP contribution in [0.15, 0.2) is 0 Å². The van der Waals surface area contributed by atoms with Crippen LogP contribution in [0.2, 0.25) is 0 Å². The van der Waals surface area contributed by atoms with Crippen LogP contribution in [0.3, 0.4) is 0 Å². The summed E-state index contributed by atoms with van der Waals surface area (Å²) >= 11 is 3.96. The number of nitrogens with two attached hydrogens (primary N) is 1. The van der Waals surface area contributed by atoms with E-state index in [4.69, 9.17) is 10.8 Å². The van der Waals surface area contributed by atoms with Gasteiger partial charge in [-0.05, 0) is 19.3 Å². The first kappa shape index (κ1) is 24.1. The average Bonchev–Trinajstić information content (AvgIpc) is 2.55. The lowest BCUT2D eigenvalue weighted by atomic mass is 10.0. The van der Waals surface area contributed by atoms with Gasteiger partial charge in [-0.3, -0.25) is 14.4 Å². The van der Waals surface area contributed by atoms with Crippen molar-refractivity contribution >= 4 is 36.3 Å². The van der Waals surface area contributed by atoms with Crippen LogP contribution in [0.4, 0.5) is 0 Å². The van der Waals surface area contributed by atoms with Crippen molar-refractivity contribution in [1.29, 1.82) is 0 Å². The molecule has 0 aromatic rings. The second-order valence-corrected chi connectivity index (χ2v) is 6.68. The number of nitrogens with one attached hydrogen (secondary N) is 3. The number of rotatable bonds is 11. The number of aliphatic hydroxyl groups excluding tert-OH is 1. The van der Waals surface area contributed by atoms with E-state index in [-0.39, 0.29) is 18.1 Å². The summed E-state index contributed by atoms with van der Waals surface area (Å²) in [6.45, 7) is 4.52. The Balaban J connectivity index is 4.57. The Labute approximate surface area is 157 Å². The van der Waals surface area contributed by atoms with Crippen LogP contribution in [-0.2, 0) is 19.2 Å². The number of hydrogen-bond donors (Lipinski definition) is 7. The third-order valence-electron chi connectivity index (χ3n) is 3.40. The van der Waals surface area contributed by atoms with Gasteiger partial charge in [-0.1, -0.05) is 13.8 Å². The number of carbonyl (C=O) groups excluding carboxylic acids is 3. The molecule has 0 aliphatic rings. The molecular weight excluding hydrogens is 364 g/mol. The van der Waals surface area contributed by atoms with Crippen LogP contribution in [0.5, 0.6) is 0 Å². The molecule has 10 nitrogen and oxygen atoms in total. The Morgan fingerprint density at radius 3 is 2.04 bits per heavy atom. The minimum absolute atomic E-state index is 0.0587. The lowest BCUT2D eigenvalue weighted by molar-refractivity contribution is -0.142. The van der Waals surface area contributed by atoms with Gasteiger partial charge in [0.05, 0.1) is 12.6 Å². The molecule has 4 atom stereocenters. The van der Waals surface area contributed by atoms with Gasteiger partial charge in [-0.25, -0.2) is 4.79 Å². The Hall–Kier alpha value is -1.85. The van der Waals surface area contributed by atoms with Gasteiger partial charge >= 0.3 is 5.97 Å². The van der Waals surface area contributed by atoms with Crippen LogP contribution in [0.1, 0.15) is 27.2 Å². The predicted octanol–water partition coefficient (Wildman–Crippen LogP) is -2.16. The van der Waals surface area contributed by atoms with Gasteiger partial charge in [0.1, 0.15) is 18.1 Å². The van der Waals surface area contributed by atoms with E-state index in [1.165, 1.54) is 6.92 Å². The van der Waals surface area contributed by atoms with Crippen molar-refractivity contribution in [2.75, 3.05) is 12.3 Å². The fraction of sp³-hybridized carbons (Fsp3) is 0.733. The van der Waals surface area contributed by atoms with E-state index in [1.807, 2.05) is 13.8 Å². The summed E-state index contributed by atoms with van der Waals surface area (Å²) in [5, 5.41) is 25.3. The molecule has 0 fully saturated rings. The zero-order valence-corrected chi connectivity index (χ0v) is 16.0. The molecule has 3 amide bonds. The van der Waals surface area contributed by atoms with E-state index >= 15 is 0 Å². The molecule has 0 saturated heterocycles. The fourth-order valence-corrected chi connectivity index (χ4v) is 2.17. The van der Waals surface area contributed by atoms with Gasteiger partial charge in [0.2, 0.25) is 17.7 Å². The van der Waals surface area contributed by atoms with Crippen molar-refractivity contribution in [3.63, 3.8) is 0 Å². The molecule has 0 heterocycles. The summed E-state index contributed by atoms with van der Waals surface area (Å²) in [4.78, 5) is 46.7. The molecule has 0 rings (SSSR count). The topological polar surface area (TPSA) is 171 Å². The molecular formula is C15H28N4O6S. The molecule has 0 aromatic carbocycles. The van der Waals surface area contributed by atoms with Crippen LogP contribution in [0, 0.1) is 5.92 Å². The smallest absolute Gasteiger partial charge is 0.326 e. The number of hydrogen-bond acceptors (Lipinski definition) is 7. The van der Waals surface area contributed by atoms with Crippen molar-refractivity contribution in [3.8, 4) is 0 Å². The zero-order chi connectivity index (χ0) is 20.4. The molecule has 0 aliphatic carbocycles. The lowest BCUT2D eigenvalue weighted by Crippen LogP contribution is -2.56. The number of amides is 3. The maximum atomic E-state index is 12.0. The number of aliphatic carboxylic acids is 1. The first-order valence-electron chi connectivity index (χ1n) is 8.14. The van der Waals surface area contributed by atoms with Gasteiger partial charge in [-0.2, -0.15) is 12.6 Å². The molecule has 26 heavy (non-hydrogen) atoms. The normalized spacial score (nSPS) is 15.5. The standard InChI is InChI=1S/C15H28N4O6S/c1-7(2)4-9(15(24)25)18-11(21)5-17-13(22)10(6-26)19-14(23)12(16)8(3)20/h7-10,12,20,26H,4-6,16H2,1-3H3,(H,17,22)(H,18,21)(H,19,23)(H,24,25).